The Hall–Kier alpha value is -1.80. The third-order valence-electron chi connectivity index (χ3n) is 4.15. The molecular weight excluding hydrogens is 366 g/mol. The number of aliphatic hydroxyl groups is 1. The van der Waals surface area contributed by atoms with E-state index in [1.165, 1.54) is 25.3 Å². The summed E-state index contributed by atoms with van der Waals surface area (Å²) in [5.74, 6) is 0.945. The van der Waals surface area contributed by atoms with Crippen LogP contribution in [0.3, 0.4) is 0 Å². The monoisotopic (exact) mass is 383 g/mol. The summed E-state index contributed by atoms with van der Waals surface area (Å²) in [6.07, 6.45) is 0.288. The molecule has 3 rings (SSSR count). The average molecular weight is 384 g/mol. The summed E-state index contributed by atoms with van der Waals surface area (Å²) in [4.78, 5) is 0.00208. The van der Waals surface area contributed by atoms with Gasteiger partial charge in [0.1, 0.15) is 17.1 Å². The largest absolute Gasteiger partial charge is 0.495 e. The molecule has 134 valence electrons. The maximum atomic E-state index is 12.5. The Bertz CT molecular complexity index is 886. The van der Waals surface area contributed by atoms with E-state index in [1.807, 2.05) is 0 Å². The molecule has 0 bridgehead atoms. The molecular formula is C17H18ClNO5S. The number of fused-ring (bicyclic) bond motifs is 1. The number of hydrogen-bond acceptors (Lipinski definition) is 5. The standard InChI is InChI=1S/C17H18ClNO5S/c1-23-16-7-6-12(10-14(16)18)25(21,22)19-11-17(20)8-9-24-15-5-3-2-4-13(15)17/h2-7,10,19-20H,8-9,11H2,1H3. The number of para-hydroxylation sites is 1. The molecule has 1 aliphatic rings. The Morgan fingerprint density at radius 1 is 1.32 bits per heavy atom. The predicted molar refractivity (Wildman–Crippen MR) is 93.6 cm³/mol. The van der Waals surface area contributed by atoms with Gasteiger partial charge in [-0.2, -0.15) is 0 Å². The summed E-state index contributed by atoms with van der Waals surface area (Å²) in [5, 5.41) is 11.1. The van der Waals surface area contributed by atoms with Crippen LogP contribution in [0.5, 0.6) is 11.5 Å². The molecule has 1 heterocycles. The van der Waals surface area contributed by atoms with Gasteiger partial charge < -0.3 is 14.6 Å². The van der Waals surface area contributed by atoms with Gasteiger partial charge in [-0.1, -0.05) is 29.8 Å². The van der Waals surface area contributed by atoms with Crippen molar-refractivity contribution in [1.29, 1.82) is 0 Å². The van der Waals surface area contributed by atoms with Crippen molar-refractivity contribution in [1.82, 2.24) is 4.72 Å². The van der Waals surface area contributed by atoms with E-state index in [-0.39, 0.29) is 22.9 Å². The van der Waals surface area contributed by atoms with Crippen LogP contribution in [0, 0.1) is 0 Å². The van der Waals surface area contributed by atoms with Crippen LogP contribution in [0.15, 0.2) is 47.4 Å². The fraction of sp³-hybridized carbons (Fsp3) is 0.294. The number of ether oxygens (including phenoxy) is 2. The van der Waals surface area contributed by atoms with Crippen LogP contribution < -0.4 is 14.2 Å². The molecule has 2 aromatic rings. The van der Waals surface area contributed by atoms with Crippen LogP contribution >= 0.6 is 11.6 Å². The lowest BCUT2D eigenvalue weighted by molar-refractivity contribution is 0.00219. The van der Waals surface area contributed by atoms with Crippen LogP contribution in [0.25, 0.3) is 0 Å². The first kappa shape index (κ1) is 18.0. The van der Waals surface area contributed by atoms with Crippen molar-refractivity contribution in [3.05, 3.63) is 53.1 Å². The zero-order chi connectivity index (χ0) is 18.1. The van der Waals surface area contributed by atoms with Gasteiger partial charge in [0.25, 0.3) is 0 Å². The number of hydrogen-bond donors (Lipinski definition) is 2. The molecule has 1 atom stereocenters. The number of nitrogens with one attached hydrogen (secondary N) is 1. The van der Waals surface area contributed by atoms with Gasteiger partial charge in [0.2, 0.25) is 10.0 Å². The molecule has 0 saturated carbocycles. The maximum Gasteiger partial charge on any atom is 0.240 e. The molecule has 25 heavy (non-hydrogen) atoms. The third-order valence-corrected chi connectivity index (χ3v) is 5.84. The Kier molecular flexibility index (Phi) is 4.92. The van der Waals surface area contributed by atoms with Gasteiger partial charge in [0.05, 0.1) is 23.6 Å². The molecule has 1 aliphatic heterocycles. The SMILES string of the molecule is COc1ccc(S(=O)(=O)NCC2(O)CCOc3ccccc32)cc1Cl. The Morgan fingerprint density at radius 3 is 2.80 bits per heavy atom. The van der Waals surface area contributed by atoms with Gasteiger partial charge in [-0.05, 0) is 24.3 Å². The quantitative estimate of drug-likeness (QED) is 0.827. The van der Waals surface area contributed by atoms with Gasteiger partial charge in [-0.3, -0.25) is 0 Å². The topological polar surface area (TPSA) is 84.9 Å². The zero-order valence-corrected chi connectivity index (χ0v) is 15.1. The zero-order valence-electron chi connectivity index (χ0n) is 13.5. The normalized spacial score (nSPS) is 19.8. The molecule has 1 unspecified atom stereocenters. The lowest BCUT2D eigenvalue weighted by Crippen LogP contribution is -2.43. The van der Waals surface area contributed by atoms with E-state index in [0.29, 0.717) is 23.7 Å². The van der Waals surface area contributed by atoms with Crippen molar-refractivity contribution in [2.75, 3.05) is 20.3 Å². The highest BCUT2D eigenvalue weighted by molar-refractivity contribution is 7.89. The fourth-order valence-corrected chi connectivity index (χ4v) is 4.18. The van der Waals surface area contributed by atoms with Crippen molar-refractivity contribution >= 4 is 21.6 Å². The van der Waals surface area contributed by atoms with Gasteiger partial charge >= 0.3 is 0 Å². The minimum Gasteiger partial charge on any atom is -0.495 e. The summed E-state index contributed by atoms with van der Waals surface area (Å²) in [5.41, 5.74) is -0.769. The molecule has 0 amide bonds. The predicted octanol–water partition coefficient (Wildman–Crippen LogP) is 2.30. The van der Waals surface area contributed by atoms with E-state index in [2.05, 4.69) is 4.72 Å². The summed E-state index contributed by atoms with van der Waals surface area (Å²) < 4.78 is 38.0. The number of benzene rings is 2. The smallest absolute Gasteiger partial charge is 0.240 e. The van der Waals surface area contributed by atoms with Crippen LogP contribution in [0.4, 0.5) is 0 Å². The molecule has 6 nitrogen and oxygen atoms in total. The van der Waals surface area contributed by atoms with Crippen molar-refractivity contribution in [2.24, 2.45) is 0 Å². The molecule has 2 aromatic carbocycles. The van der Waals surface area contributed by atoms with Crippen LogP contribution in [0.2, 0.25) is 5.02 Å². The highest BCUT2D eigenvalue weighted by Gasteiger charge is 2.36. The number of methoxy groups -OCH3 is 1. The van der Waals surface area contributed by atoms with E-state index in [1.54, 1.807) is 24.3 Å². The van der Waals surface area contributed by atoms with Crippen molar-refractivity contribution in [2.45, 2.75) is 16.9 Å². The Balaban J connectivity index is 1.82. The summed E-state index contributed by atoms with van der Waals surface area (Å²) in [7, 11) is -2.39. The molecule has 0 fully saturated rings. The Morgan fingerprint density at radius 2 is 2.08 bits per heavy atom. The molecule has 8 heteroatoms. The second-order valence-corrected chi connectivity index (χ2v) is 7.92. The molecule has 0 aromatic heterocycles. The first-order chi connectivity index (χ1) is 11.9. The number of rotatable bonds is 5. The van der Waals surface area contributed by atoms with Crippen molar-refractivity contribution in [3.63, 3.8) is 0 Å². The van der Waals surface area contributed by atoms with Crippen molar-refractivity contribution < 1.29 is 23.0 Å². The molecule has 0 aliphatic carbocycles. The number of sulfonamides is 1. The molecule has 0 spiro atoms. The van der Waals surface area contributed by atoms with Crippen LogP contribution in [0.1, 0.15) is 12.0 Å². The van der Waals surface area contributed by atoms with Gasteiger partial charge in [0.15, 0.2) is 0 Å². The van der Waals surface area contributed by atoms with Crippen LogP contribution in [-0.4, -0.2) is 33.8 Å². The lowest BCUT2D eigenvalue weighted by Gasteiger charge is -2.34. The fourth-order valence-electron chi connectivity index (χ4n) is 2.74. The third kappa shape index (κ3) is 3.59. The first-order valence-electron chi connectivity index (χ1n) is 7.64. The van der Waals surface area contributed by atoms with E-state index in [4.69, 9.17) is 21.1 Å². The van der Waals surface area contributed by atoms with Gasteiger partial charge in [-0.15, -0.1) is 0 Å². The second-order valence-electron chi connectivity index (χ2n) is 5.75. The van der Waals surface area contributed by atoms with E-state index in [9.17, 15) is 13.5 Å². The molecule has 0 radical (unpaired) electrons. The van der Waals surface area contributed by atoms with Gasteiger partial charge in [0, 0.05) is 18.5 Å². The highest BCUT2D eigenvalue weighted by Crippen LogP contribution is 2.36. The molecule has 0 saturated heterocycles. The average Bonchev–Trinajstić information content (AvgIpc) is 2.61. The lowest BCUT2D eigenvalue weighted by atomic mass is 9.88. The Labute approximate surface area is 151 Å². The highest BCUT2D eigenvalue weighted by atomic mass is 35.5. The van der Waals surface area contributed by atoms with E-state index in [0.717, 1.165) is 0 Å². The maximum absolute atomic E-state index is 12.5. The second kappa shape index (κ2) is 6.84. The number of halogens is 1. The minimum atomic E-state index is -3.84. The summed E-state index contributed by atoms with van der Waals surface area (Å²) in [6.45, 7) is 0.142. The van der Waals surface area contributed by atoms with E-state index < -0.39 is 15.6 Å². The van der Waals surface area contributed by atoms with Crippen molar-refractivity contribution in [3.8, 4) is 11.5 Å². The van der Waals surface area contributed by atoms with Crippen LogP contribution in [-0.2, 0) is 15.6 Å². The summed E-state index contributed by atoms with van der Waals surface area (Å²) in [6, 6.07) is 11.2. The van der Waals surface area contributed by atoms with E-state index >= 15 is 0 Å². The molecule has 2 N–H and O–H groups in total. The first-order valence-corrected chi connectivity index (χ1v) is 9.50. The minimum absolute atomic E-state index is 0.00208. The summed E-state index contributed by atoms with van der Waals surface area (Å²) >= 11 is 6.00. The van der Waals surface area contributed by atoms with Gasteiger partial charge in [-0.25, -0.2) is 13.1 Å².